The highest BCUT2D eigenvalue weighted by atomic mass is 19.1. The van der Waals surface area contributed by atoms with E-state index < -0.39 is 11.9 Å². The van der Waals surface area contributed by atoms with Crippen molar-refractivity contribution < 1.29 is 18.7 Å². The zero-order valence-corrected chi connectivity index (χ0v) is 12.1. The van der Waals surface area contributed by atoms with Gasteiger partial charge in [-0.3, -0.25) is 9.59 Å². The number of carbonyl (C=O) groups is 2. The SMILES string of the molecule is CC(=O)OCC(=O)Nc1ccccc1Cc1ccc(F)cc1. The van der Waals surface area contributed by atoms with Gasteiger partial charge in [-0.05, 0) is 35.7 Å². The molecule has 0 aliphatic carbocycles. The Morgan fingerprint density at radius 1 is 1.09 bits per heavy atom. The smallest absolute Gasteiger partial charge is 0.303 e. The van der Waals surface area contributed by atoms with Gasteiger partial charge in [-0.15, -0.1) is 0 Å². The fourth-order valence-electron chi connectivity index (χ4n) is 1.97. The Morgan fingerprint density at radius 2 is 1.77 bits per heavy atom. The molecule has 0 atom stereocenters. The minimum Gasteiger partial charge on any atom is -0.456 e. The van der Waals surface area contributed by atoms with Crippen molar-refractivity contribution in [3.05, 3.63) is 65.5 Å². The number of carbonyl (C=O) groups excluding carboxylic acids is 2. The maximum atomic E-state index is 12.9. The van der Waals surface area contributed by atoms with Crippen LogP contribution in [-0.2, 0) is 20.7 Å². The lowest BCUT2D eigenvalue weighted by molar-refractivity contribution is -0.144. The Labute approximate surface area is 127 Å². The van der Waals surface area contributed by atoms with Crippen LogP contribution in [0.5, 0.6) is 0 Å². The summed E-state index contributed by atoms with van der Waals surface area (Å²) in [5.41, 5.74) is 2.47. The van der Waals surface area contributed by atoms with Gasteiger partial charge in [-0.25, -0.2) is 4.39 Å². The molecular weight excluding hydrogens is 285 g/mol. The number of amides is 1. The number of para-hydroxylation sites is 1. The van der Waals surface area contributed by atoms with Crippen molar-refractivity contribution in [1.29, 1.82) is 0 Å². The normalized spacial score (nSPS) is 10.1. The number of rotatable bonds is 5. The number of esters is 1. The van der Waals surface area contributed by atoms with Crippen molar-refractivity contribution in [2.75, 3.05) is 11.9 Å². The van der Waals surface area contributed by atoms with E-state index in [0.717, 1.165) is 11.1 Å². The predicted octanol–water partition coefficient (Wildman–Crippen LogP) is 2.92. The summed E-state index contributed by atoms with van der Waals surface area (Å²) in [5, 5.41) is 2.71. The summed E-state index contributed by atoms with van der Waals surface area (Å²) in [6, 6.07) is 13.5. The minimum atomic E-state index is -0.505. The van der Waals surface area contributed by atoms with Crippen molar-refractivity contribution in [1.82, 2.24) is 0 Å². The molecule has 0 bridgehead atoms. The van der Waals surface area contributed by atoms with Crippen molar-refractivity contribution in [3.63, 3.8) is 0 Å². The Morgan fingerprint density at radius 3 is 2.45 bits per heavy atom. The molecule has 0 spiro atoms. The van der Waals surface area contributed by atoms with Crippen LogP contribution in [0.25, 0.3) is 0 Å². The van der Waals surface area contributed by atoms with Gasteiger partial charge in [-0.2, -0.15) is 0 Å². The number of hydrogen-bond acceptors (Lipinski definition) is 3. The van der Waals surface area contributed by atoms with E-state index in [0.29, 0.717) is 12.1 Å². The fraction of sp³-hybridized carbons (Fsp3) is 0.176. The molecule has 0 fully saturated rings. The molecule has 2 rings (SSSR count). The van der Waals surface area contributed by atoms with Gasteiger partial charge in [0.2, 0.25) is 0 Å². The molecule has 0 aliphatic rings. The van der Waals surface area contributed by atoms with Crippen LogP contribution in [0.2, 0.25) is 0 Å². The lowest BCUT2D eigenvalue weighted by Gasteiger charge is -2.11. The van der Waals surface area contributed by atoms with Crippen LogP contribution < -0.4 is 5.32 Å². The highest BCUT2D eigenvalue weighted by molar-refractivity contribution is 5.93. The summed E-state index contributed by atoms with van der Waals surface area (Å²) in [6.07, 6.45) is 0.560. The van der Waals surface area contributed by atoms with E-state index in [1.807, 2.05) is 12.1 Å². The third-order valence-corrected chi connectivity index (χ3v) is 3.01. The first-order valence-corrected chi connectivity index (χ1v) is 6.80. The molecule has 5 heteroatoms. The first kappa shape index (κ1) is 15.7. The molecule has 0 heterocycles. The van der Waals surface area contributed by atoms with Crippen molar-refractivity contribution >= 4 is 17.6 Å². The number of hydrogen-bond donors (Lipinski definition) is 1. The molecule has 0 aromatic heterocycles. The Hall–Kier alpha value is -2.69. The largest absolute Gasteiger partial charge is 0.456 e. The molecule has 2 aromatic rings. The van der Waals surface area contributed by atoms with Crippen LogP contribution in [0.1, 0.15) is 18.1 Å². The molecule has 114 valence electrons. The summed E-state index contributed by atoms with van der Waals surface area (Å²) in [4.78, 5) is 22.4. The molecule has 0 saturated carbocycles. The fourth-order valence-corrected chi connectivity index (χ4v) is 1.97. The number of benzene rings is 2. The zero-order valence-electron chi connectivity index (χ0n) is 12.1. The predicted molar refractivity (Wildman–Crippen MR) is 80.9 cm³/mol. The zero-order chi connectivity index (χ0) is 15.9. The summed E-state index contributed by atoms with van der Waals surface area (Å²) in [7, 11) is 0. The molecule has 4 nitrogen and oxygen atoms in total. The van der Waals surface area contributed by atoms with Gasteiger partial charge in [-0.1, -0.05) is 30.3 Å². The van der Waals surface area contributed by atoms with Crippen molar-refractivity contribution in [2.24, 2.45) is 0 Å². The second-order valence-corrected chi connectivity index (χ2v) is 4.79. The van der Waals surface area contributed by atoms with Crippen LogP contribution in [0.15, 0.2) is 48.5 Å². The number of anilines is 1. The number of halogens is 1. The van der Waals surface area contributed by atoms with E-state index in [9.17, 15) is 14.0 Å². The van der Waals surface area contributed by atoms with E-state index >= 15 is 0 Å². The molecule has 22 heavy (non-hydrogen) atoms. The van der Waals surface area contributed by atoms with Crippen LogP contribution in [0.4, 0.5) is 10.1 Å². The minimum absolute atomic E-state index is 0.285. The maximum Gasteiger partial charge on any atom is 0.303 e. The topological polar surface area (TPSA) is 55.4 Å². The highest BCUT2D eigenvalue weighted by Gasteiger charge is 2.08. The first-order valence-electron chi connectivity index (χ1n) is 6.80. The van der Waals surface area contributed by atoms with E-state index in [4.69, 9.17) is 0 Å². The van der Waals surface area contributed by atoms with E-state index in [-0.39, 0.29) is 12.4 Å². The summed E-state index contributed by atoms with van der Waals surface area (Å²) >= 11 is 0. The lowest BCUT2D eigenvalue weighted by atomic mass is 10.0. The second-order valence-electron chi connectivity index (χ2n) is 4.79. The summed E-state index contributed by atoms with van der Waals surface area (Å²) in [6.45, 7) is 0.927. The van der Waals surface area contributed by atoms with Crippen molar-refractivity contribution in [3.8, 4) is 0 Å². The molecule has 0 aliphatic heterocycles. The van der Waals surface area contributed by atoms with Gasteiger partial charge in [0.1, 0.15) is 5.82 Å². The van der Waals surface area contributed by atoms with Crippen LogP contribution in [0, 0.1) is 5.82 Å². The summed E-state index contributed by atoms with van der Waals surface area (Å²) in [5.74, 6) is -1.19. The number of ether oxygens (including phenoxy) is 1. The van der Waals surface area contributed by atoms with E-state index in [2.05, 4.69) is 10.1 Å². The molecule has 1 N–H and O–H groups in total. The maximum absolute atomic E-state index is 12.9. The van der Waals surface area contributed by atoms with Gasteiger partial charge < -0.3 is 10.1 Å². The quantitative estimate of drug-likeness (QED) is 0.864. The average molecular weight is 301 g/mol. The van der Waals surface area contributed by atoms with Crippen molar-refractivity contribution in [2.45, 2.75) is 13.3 Å². The molecule has 0 saturated heterocycles. The average Bonchev–Trinajstić information content (AvgIpc) is 2.49. The van der Waals surface area contributed by atoms with E-state index in [1.54, 1.807) is 24.3 Å². The lowest BCUT2D eigenvalue weighted by Crippen LogP contribution is -2.20. The Bertz CT molecular complexity index is 668. The standard InChI is InChI=1S/C17H16FNO3/c1-12(20)22-11-17(21)19-16-5-3-2-4-14(16)10-13-6-8-15(18)9-7-13/h2-9H,10-11H2,1H3,(H,19,21). The number of nitrogens with one attached hydrogen (secondary N) is 1. The molecular formula is C17H16FNO3. The van der Waals surface area contributed by atoms with Crippen LogP contribution in [0.3, 0.4) is 0 Å². The third kappa shape index (κ3) is 4.70. The molecule has 2 aromatic carbocycles. The molecule has 1 amide bonds. The third-order valence-electron chi connectivity index (χ3n) is 3.01. The molecule has 0 unspecified atom stereocenters. The molecule has 0 radical (unpaired) electrons. The van der Waals surface area contributed by atoms with Gasteiger partial charge in [0.25, 0.3) is 5.91 Å². The van der Waals surface area contributed by atoms with Crippen LogP contribution >= 0.6 is 0 Å². The van der Waals surface area contributed by atoms with Gasteiger partial charge in [0.05, 0.1) is 0 Å². The Kier molecular flexibility index (Phi) is 5.25. The highest BCUT2D eigenvalue weighted by Crippen LogP contribution is 2.19. The monoisotopic (exact) mass is 301 g/mol. The Balaban J connectivity index is 2.07. The van der Waals surface area contributed by atoms with Gasteiger partial charge >= 0.3 is 5.97 Å². The second kappa shape index (κ2) is 7.36. The summed E-state index contributed by atoms with van der Waals surface area (Å²) < 4.78 is 17.6. The van der Waals surface area contributed by atoms with Gasteiger partial charge in [0.15, 0.2) is 6.61 Å². The van der Waals surface area contributed by atoms with E-state index in [1.165, 1.54) is 19.1 Å². The first-order chi connectivity index (χ1) is 10.5. The van der Waals surface area contributed by atoms with Gasteiger partial charge in [0, 0.05) is 12.6 Å². The van der Waals surface area contributed by atoms with Crippen LogP contribution in [-0.4, -0.2) is 18.5 Å².